The van der Waals surface area contributed by atoms with Gasteiger partial charge in [-0.15, -0.1) is 0 Å². The van der Waals surface area contributed by atoms with Crippen molar-refractivity contribution in [1.29, 1.82) is 0 Å². The number of alkyl halides is 3. The molecule has 0 bridgehead atoms. The van der Waals surface area contributed by atoms with Gasteiger partial charge in [-0.05, 0) is 60.2 Å². The highest BCUT2D eigenvalue weighted by atomic mass is 19.4. The summed E-state index contributed by atoms with van der Waals surface area (Å²) in [5, 5.41) is 9.37. The first-order valence-electron chi connectivity index (χ1n) is 9.86. The lowest BCUT2D eigenvalue weighted by Gasteiger charge is -2.11. The minimum absolute atomic E-state index is 0.0431. The monoisotopic (exact) mass is 452 g/mol. The smallest absolute Gasteiger partial charge is 0.416 e. The molecule has 0 fully saturated rings. The molecule has 1 aromatic heterocycles. The Hall–Kier alpha value is -4.27. The van der Waals surface area contributed by atoms with Crippen molar-refractivity contribution in [3.8, 4) is 22.6 Å². The molecule has 0 saturated heterocycles. The van der Waals surface area contributed by atoms with E-state index in [0.29, 0.717) is 5.69 Å². The SMILES string of the molecule is COc1ccc(-c2cnn(-c3ccc(NC(=O)Nc4cccc(C(F)(F)F)c4)cc3)c2)cc1. The van der Waals surface area contributed by atoms with Gasteiger partial charge in [0.2, 0.25) is 0 Å². The lowest BCUT2D eigenvalue weighted by molar-refractivity contribution is -0.137. The van der Waals surface area contributed by atoms with E-state index in [-0.39, 0.29) is 5.69 Å². The second-order valence-corrected chi connectivity index (χ2v) is 7.11. The number of hydrogen-bond acceptors (Lipinski definition) is 3. The summed E-state index contributed by atoms with van der Waals surface area (Å²) in [7, 11) is 1.61. The van der Waals surface area contributed by atoms with Gasteiger partial charge in [-0.2, -0.15) is 18.3 Å². The van der Waals surface area contributed by atoms with Crippen LogP contribution in [0.5, 0.6) is 5.75 Å². The number of anilines is 2. The number of rotatable bonds is 5. The van der Waals surface area contributed by atoms with Crippen molar-refractivity contribution in [2.24, 2.45) is 0 Å². The highest BCUT2D eigenvalue weighted by Gasteiger charge is 2.30. The van der Waals surface area contributed by atoms with E-state index in [1.165, 1.54) is 12.1 Å². The number of carbonyl (C=O) groups excluding carboxylic acids is 1. The van der Waals surface area contributed by atoms with Crippen molar-refractivity contribution < 1.29 is 22.7 Å². The topological polar surface area (TPSA) is 68.2 Å². The van der Waals surface area contributed by atoms with E-state index < -0.39 is 17.8 Å². The maximum Gasteiger partial charge on any atom is 0.416 e. The maximum atomic E-state index is 12.8. The third-order valence-electron chi connectivity index (χ3n) is 4.84. The quantitative estimate of drug-likeness (QED) is 0.378. The number of amides is 2. The predicted octanol–water partition coefficient (Wildman–Crippen LogP) is 6.21. The van der Waals surface area contributed by atoms with Gasteiger partial charge in [0.05, 0.1) is 24.6 Å². The molecule has 0 aliphatic carbocycles. The molecular weight excluding hydrogens is 433 g/mol. The van der Waals surface area contributed by atoms with Crippen molar-refractivity contribution in [3.05, 3.63) is 90.8 Å². The Balaban J connectivity index is 1.40. The van der Waals surface area contributed by atoms with Crippen LogP contribution in [0.1, 0.15) is 5.56 Å². The Labute approximate surface area is 187 Å². The Morgan fingerprint density at radius 3 is 2.27 bits per heavy atom. The molecule has 3 aromatic carbocycles. The number of halogens is 3. The summed E-state index contributed by atoms with van der Waals surface area (Å²) in [6.45, 7) is 0. The lowest BCUT2D eigenvalue weighted by Crippen LogP contribution is -2.19. The molecule has 0 radical (unpaired) electrons. The van der Waals surface area contributed by atoms with Crippen LogP contribution < -0.4 is 15.4 Å². The average Bonchev–Trinajstić information content (AvgIpc) is 3.29. The fraction of sp³-hybridized carbons (Fsp3) is 0.0833. The van der Waals surface area contributed by atoms with Crippen molar-refractivity contribution in [3.63, 3.8) is 0 Å². The van der Waals surface area contributed by atoms with E-state index in [9.17, 15) is 18.0 Å². The zero-order chi connectivity index (χ0) is 23.4. The van der Waals surface area contributed by atoms with E-state index in [0.717, 1.165) is 34.7 Å². The molecule has 0 atom stereocenters. The molecule has 2 N–H and O–H groups in total. The first-order valence-corrected chi connectivity index (χ1v) is 9.86. The molecule has 1 heterocycles. The van der Waals surface area contributed by atoms with Crippen LogP contribution in [0.15, 0.2) is 85.2 Å². The average molecular weight is 452 g/mol. The third kappa shape index (κ3) is 5.32. The van der Waals surface area contributed by atoms with Crippen molar-refractivity contribution in [2.45, 2.75) is 6.18 Å². The zero-order valence-electron chi connectivity index (χ0n) is 17.4. The third-order valence-corrected chi connectivity index (χ3v) is 4.84. The summed E-state index contributed by atoms with van der Waals surface area (Å²) in [5.74, 6) is 0.770. The van der Waals surface area contributed by atoms with Gasteiger partial charge in [0.25, 0.3) is 0 Å². The first-order chi connectivity index (χ1) is 15.8. The summed E-state index contributed by atoms with van der Waals surface area (Å²) in [4.78, 5) is 12.2. The second-order valence-electron chi connectivity index (χ2n) is 7.11. The first kappa shape index (κ1) is 21.9. The molecule has 6 nitrogen and oxygen atoms in total. The second kappa shape index (κ2) is 9.07. The van der Waals surface area contributed by atoms with Crippen LogP contribution in [0.2, 0.25) is 0 Å². The summed E-state index contributed by atoms with van der Waals surface area (Å²) in [6.07, 6.45) is -0.856. The largest absolute Gasteiger partial charge is 0.497 e. The number of hydrogen-bond donors (Lipinski definition) is 2. The molecule has 2 amide bonds. The van der Waals surface area contributed by atoms with Gasteiger partial charge in [-0.25, -0.2) is 9.48 Å². The molecular formula is C24H19F3N4O2. The van der Waals surface area contributed by atoms with Gasteiger partial charge >= 0.3 is 12.2 Å². The molecule has 4 aromatic rings. The molecule has 0 aliphatic rings. The van der Waals surface area contributed by atoms with Crippen LogP contribution in [0.25, 0.3) is 16.8 Å². The summed E-state index contributed by atoms with van der Waals surface area (Å²) in [5.41, 5.74) is 2.38. The van der Waals surface area contributed by atoms with Gasteiger partial charge in [0.15, 0.2) is 0 Å². The van der Waals surface area contributed by atoms with E-state index in [4.69, 9.17) is 4.74 Å². The Bertz CT molecular complexity index is 1250. The van der Waals surface area contributed by atoms with E-state index in [1.807, 2.05) is 30.5 Å². The van der Waals surface area contributed by atoms with Gasteiger partial charge in [-0.1, -0.05) is 18.2 Å². The van der Waals surface area contributed by atoms with Crippen LogP contribution in [0.4, 0.5) is 29.3 Å². The van der Waals surface area contributed by atoms with Gasteiger partial charge < -0.3 is 15.4 Å². The van der Waals surface area contributed by atoms with E-state index in [2.05, 4.69) is 15.7 Å². The summed E-state index contributed by atoms with van der Waals surface area (Å²) in [6, 6.07) is 18.3. The standard InChI is InChI=1S/C24H19F3N4O2/c1-33-22-11-5-16(6-12-22)17-14-28-31(15-17)21-9-7-19(8-10-21)29-23(32)30-20-4-2-3-18(13-20)24(25,26)27/h2-15H,1H3,(H2,29,30,32). The Kier molecular flexibility index (Phi) is 6.03. The summed E-state index contributed by atoms with van der Waals surface area (Å²) < 4.78 is 45.3. The lowest BCUT2D eigenvalue weighted by atomic mass is 10.1. The van der Waals surface area contributed by atoms with Crippen LogP contribution in [0, 0.1) is 0 Å². The Morgan fingerprint density at radius 1 is 0.909 bits per heavy atom. The number of carbonyl (C=O) groups is 1. The highest BCUT2D eigenvalue weighted by molar-refractivity contribution is 5.99. The number of aromatic nitrogens is 2. The highest BCUT2D eigenvalue weighted by Crippen LogP contribution is 2.30. The number of urea groups is 1. The molecule has 33 heavy (non-hydrogen) atoms. The van der Waals surface area contributed by atoms with Crippen molar-refractivity contribution >= 4 is 17.4 Å². The minimum Gasteiger partial charge on any atom is -0.497 e. The Morgan fingerprint density at radius 2 is 1.61 bits per heavy atom. The molecule has 0 unspecified atom stereocenters. The zero-order valence-corrected chi connectivity index (χ0v) is 17.4. The summed E-state index contributed by atoms with van der Waals surface area (Å²) >= 11 is 0. The van der Waals surface area contributed by atoms with Crippen LogP contribution in [-0.2, 0) is 6.18 Å². The van der Waals surface area contributed by atoms with Crippen LogP contribution in [0.3, 0.4) is 0 Å². The molecule has 4 rings (SSSR count). The van der Waals surface area contributed by atoms with Crippen LogP contribution >= 0.6 is 0 Å². The van der Waals surface area contributed by atoms with E-state index >= 15 is 0 Å². The van der Waals surface area contributed by atoms with Crippen molar-refractivity contribution in [1.82, 2.24) is 9.78 Å². The molecule has 168 valence electrons. The van der Waals surface area contributed by atoms with E-state index in [1.54, 1.807) is 42.3 Å². The number of ether oxygens (including phenoxy) is 1. The number of methoxy groups -OCH3 is 1. The van der Waals surface area contributed by atoms with Gasteiger partial charge in [-0.3, -0.25) is 0 Å². The van der Waals surface area contributed by atoms with Crippen LogP contribution in [-0.4, -0.2) is 22.9 Å². The molecule has 9 heteroatoms. The molecule has 0 spiro atoms. The van der Waals surface area contributed by atoms with Gasteiger partial charge in [0, 0.05) is 23.1 Å². The fourth-order valence-electron chi connectivity index (χ4n) is 3.16. The number of nitrogens with one attached hydrogen (secondary N) is 2. The van der Waals surface area contributed by atoms with Crippen molar-refractivity contribution in [2.75, 3.05) is 17.7 Å². The number of benzene rings is 3. The maximum absolute atomic E-state index is 12.8. The molecule has 0 aliphatic heterocycles. The van der Waals surface area contributed by atoms with Gasteiger partial charge in [0.1, 0.15) is 5.75 Å². The normalized spacial score (nSPS) is 11.2. The number of nitrogens with zero attached hydrogens (tertiary/aromatic N) is 2. The predicted molar refractivity (Wildman–Crippen MR) is 120 cm³/mol. The minimum atomic E-state index is -4.48. The fourth-order valence-corrected chi connectivity index (χ4v) is 3.16. The molecule has 0 saturated carbocycles.